The van der Waals surface area contributed by atoms with Crippen LogP contribution in [0.3, 0.4) is 0 Å². The Morgan fingerprint density at radius 1 is 1.20 bits per heavy atom. The minimum Gasteiger partial charge on any atom is -0.447 e. The van der Waals surface area contributed by atoms with Gasteiger partial charge in [0.2, 0.25) is 0 Å². The standard InChI is InChI=1S/C12H13NO2/c14-12-13-11(7-15-12)10-5-8-3-1-2-4-9(8)6-10/h1-4,10-11H,5-7H2,(H,13,14). The molecule has 1 aromatic rings. The molecule has 1 saturated heterocycles. The van der Waals surface area contributed by atoms with Crippen molar-refractivity contribution in [2.45, 2.75) is 18.9 Å². The zero-order valence-corrected chi connectivity index (χ0v) is 8.40. The van der Waals surface area contributed by atoms with E-state index in [1.54, 1.807) is 0 Å². The van der Waals surface area contributed by atoms with Crippen molar-refractivity contribution in [3.05, 3.63) is 35.4 Å². The lowest BCUT2D eigenvalue weighted by atomic mass is 9.98. The number of hydrogen-bond acceptors (Lipinski definition) is 2. The van der Waals surface area contributed by atoms with Crippen molar-refractivity contribution in [2.24, 2.45) is 5.92 Å². The number of benzene rings is 1. The van der Waals surface area contributed by atoms with Gasteiger partial charge in [0.1, 0.15) is 6.61 Å². The van der Waals surface area contributed by atoms with Crippen molar-refractivity contribution in [3.63, 3.8) is 0 Å². The van der Waals surface area contributed by atoms with E-state index in [-0.39, 0.29) is 12.1 Å². The number of ether oxygens (including phenoxy) is 1. The number of cyclic esters (lactones) is 1. The van der Waals surface area contributed by atoms with E-state index in [1.807, 2.05) is 0 Å². The SMILES string of the molecule is O=C1NC(C2Cc3ccccc3C2)CO1. The van der Waals surface area contributed by atoms with Crippen LogP contribution in [-0.2, 0) is 17.6 Å². The first kappa shape index (κ1) is 8.77. The summed E-state index contributed by atoms with van der Waals surface area (Å²) in [4.78, 5) is 10.9. The van der Waals surface area contributed by atoms with Crippen molar-refractivity contribution in [1.29, 1.82) is 0 Å². The van der Waals surface area contributed by atoms with Crippen LogP contribution in [0.5, 0.6) is 0 Å². The van der Waals surface area contributed by atoms with Crippen LogP contribution in [-0.4, -0.2) is 18.7 Å². The van der Waals surface area contributed by atoms with Gasteiger partial charge < -0.3 is 10.1 Å². The number of hydrogen-bond donors (Lipinski definition) is 1. The zero-order chi connectivity index (χ0) is 10.3. The Hall–Kier alpha value is -1.51. The molecule has 78 valence electrons. The van der Waals surface area contributed by atoms with Crippen molar-refractivity contribution in [2.75, 3.05) is 6.61 Å². The van der Waals surface area contributed by atoms with E-state index in [0.717, 1.165) is 12.8 Å². The minimum atomic E-state index is -0.268. The molecule has 1 aliphatic carbocycles. The van der Waals surface area contributed by atoms with E-state index < -0.39 is 0 Å². The second-order valence-electron chi connectivity index (χ2n) is 4.29. The average molecular weight is 203 g/mol. The van der Waals surface area contributed by atoms with Crippen LogP contribution < -0.4 is 5.32 Å². The summed E-state index contributed by atoms with van der Waals surface area (Å²) in [6.07, 6.45) is 1.85. The van der Waals surface area contributed by atoms with E-state index in [1.165, 1.54) is 11.1 Å². The third-order valence-corrected chi connectivity index (χ3v) is 3.35. The predicted molar refractivity (Wildman–Crippen MR) is 55.6 cm³/mol. The molecule has 0 bridgehead atoms. The minimum absolute atomic E-state index is 0.199. The molecule has 2 aliphatic rings. The fourth-order valence-electron chi connectivity index (χ4n) is 2.53. The van der Waals surface area contributed by atoms with Gasteiger partial charge in [-0.1, -0.05) is 24.3 Å². The molecule has 0 saturated carbocycles. The van der Waals surface area contributed by atoms with Crippen LogP contribution in [0, 0.1) is 5.92 Å². The molecule has 0 radical (unpaired) electrons. The lowest BCUT2D eigenvalue weighted by Gasteiger charge is -2.14. The maximum absolute atomic E-state index is 10.9. The maximum atomic E-state index is 10.9. The van der Waals surface area contributed by atoms with Crippen LogP contribution in [0.4, 0.5) is 4.79 Å². The van der Waals surface area contributed by atoms with E-state index in [4.69, 9.17) is 4.74 Å². The first-order valence-corrected chi connectivity index (χ1v) is 5.33. The van der Waals surface area contributed by atoms with Gasteiger partial charge in [-0.25, -0.2) is 4.79 Å². The summed E-state index contributed by atoms with van der Waals surface area (Å²) < 4.78 is 4.93. The predicted octanol–water partition coefficient (Wildman–Crippen LogP) is 1.51. The van der Waals surface area contributed by atoms with Crippen molar-refractivity contribution in [1.82, 2.24) is 5.32 Å². The van der Waals surface area contributed by atoms with Crippen molar-refractivity contribution < 1.29 is 9.53 Å². The molecule has 1 aliphatic heterocycles. The second kappa shape index (κ2) is 3.26. The molecule has 3 rings (SSSR count). The Labute approximate surface area is 88.4 Å². The van der Waals surface area contributed by atoms with E-state index in [0.29, 0.717) is 12.5 Å². The van der Waals surface area contributed by atoms with Gasteiger partial charge in [0.05, 0.1) is 6.04 Å². The maximum Gasteiger partial charge on any atom is 0.407 e. The molecule has 1 amide bonds. The molecule has 1 N–H and O–H groups in total. The van der Waals surface area contributed by atoms with E-state index >= 15 is 0 Å². The molecule has 1 fully saturated rings. The molecule has 1 aromatic carbocycles. The quantitative estimate of drug-likeness (QED) is 0.751. The molecule has 1 atom stereocenters. The Kier molecular flexibility index (Phi) is 1.91. The summed E-state index contributed by atoms with van der Waals surface area (Å²) >= 11 is 0. The van der Waals surface area contributed by atoms with Gasteiger partial charge in [-0.3, -0.25) is 0 Å². The molecule has 0 aromatic heterocycles. The molecule has 1 heterocycles. The summed E-state index contributed by atoms with van der Waals surface area (Å²) in [6.45, 7) is 0.525. The number of carbonyl (C=O) groups is 1. The monoisotopic (exact) mass is 203 g/mol. The fourth-order valence-corrected chi connectivity index (χ4v) is 2.53. The van der Waals surface area contributed by atoms with Crippen LogP contribution in [0.2, 0.25) is 0 Å². The van der Waals surface area contributed by atoms with Gasteiger partial charge in [0.15, 0.2) is 0 Å². The summed E-state index contributed by atoms with van der Waals surface area (Å²) in [7, 11) is 0. The highest BCUT2D eigenvalue weighted by molar-refractivity contribution is 5.69. The first-order chi connectivity index (χ1) is 7.33. The van der Waals surface area contributed by atoms with Gasteiger partial charge in [-0.15, -0.1) is 0 Å². The number of nitrogens with one attached hydrogen (secondary N) is 1. The molecule has 0 spiro atoms. The van der Waals surface area contributed by atoms with Gasteiger partial charge >= 0.3 is 6.09 Å². The van der Waals surface area contributed by atoms with E-state index in [2.05, 4.69) is 29.6 Å². The first-order valence-electron chi connectivity index (χ1n) is 5.33. The van der Waals surface area contributed by atoms with Crippen LogP contribution >= 0.6 is 0 Å². The van der Waals surface area contributed by atoms with Gasteiger partial charge in [0.25, 0.3) is 0 Å². The number of carbonyl (C=O) groups excluding carboxylic acids is 1. The topological polar surface area (TPSA) is 38.3 Å². The molecule has 1 unspecified atom stereocenters. The highest BCUT2D eigenvalue weighted by Crippen LogP contribution is 2.29. The number of rotatable bonds is 1. The number of alkyl carbamates (subject to hydrolysis) is 1. The smallest absolute Gasteiger partial charge is 0.407 e. The Bertz CT molecular complexity index is 377. The summed E-state index contributed by atoms with van der Waals surface area (Å²) in [6, 6.07) is 8.69. The van der Waals surface area contributed by atoms with Crippen LogP contribution in [0.1, 0.15) is 11.1 Å². The Morgan fingerprint density at radius 2 is 1.87 bits per heavy atom. The van der Waals surface area contributed by atoms with Crippen LogP contribution in [0.25, 0.3) is 0 Å². The second-order valence-corrected chi connectivity index (χ2v) is 4.29. The Balaban J connectivity index is 1.76. The lowest BCUT2D eigenvalue weighted by molar-refractivity contribution is 0.175. The normalized spacial score (nSPS) is 24.8. The molecule has 3 heteroatoms. The third-order valence-electron chi connectivity index (χ3n) is 3.35. The number of amides is 1. The van der Waals surface area contributed by atoms with Gasteiger partial charge in [0, 0.05) is 0 Å². The molecular formula is C12H13NO2. The lowest BCUT2D eigenvalue weighted by Crippen LogP contribution is -2.34. The highest BCUT2D eigenvalue weighted by Gasteiger charge is 2.33. The summed E-state index contributed by atoms with van der Waals surface area (Å²) in [5.41, 5.74) is 2.84. The number of fused-ring (bicyclic) bond motifs is 1. The van der Waals surface area contributed by atoms with Gasteiger partial charge in [-0.2, -0.15) is 0 Å². The molecular weight excluding hydrogens is 190 g/mol. The van der Waals surface area contributed by atoms with Crippen LogP contribution in [0.15, 0.2) is 24.3 Å². The van der Waals surface area contributed by atoms with Crippen molar-refractivity contribution >= 4 is 6.09 Å². The fraction of sp³-hybridized carbons (Fsp3) is 0.417. The molecule has 3 nitrogen and oxygen atoms in total. The summed E-state index contributed by atoms with van der Waals surface area (Å²) in [5.74, 6) is 0.508. The average Bonchev–Trinajstić information content (AvgIpc) is 2.82. The van der Waals surface area contributed by atoms with E-state index in [9.17, 15) is 4.79 Å². The largest absolute Gasteiger partial charge is 0.447 e. The summed E-state index contributed by atoms with van der Waals surface area (Å²) in [5, 5.41) is 2.87. The highest BCUT2D eigenvalue weighted by atomic mass is 16.6. The Morgan fingerprint density at radius 3 is 2.40 bits per heavy atom. The zero-order valence-electron chi connectivity index (χ0n) is 8.40. The van der Waals surface area contributed by atoms with Crippen molar-refractivity contribution in [3.8, 4) is 0 Å². The molecule has 15 heavy (non-hydrogen) atoms. The van der Waals surface area contributed by atoms with Gasteiger partial charge in [-0.05, 0) is 29.9 Å². The third kappa shape index (κ3) is 1.48.